The summed E-state index contributed by atoms with van der Waals surface area (Å²) in [4.78, 5) is 25.9. The zero-order chi connectivity index (χ0) is 16.4. The minimum absolute atomic E-state index is 0.0441. The molecule has 0 saturated carbocycles. The third-order valence-corrected chi connectivity index (χ3v) is 3.40. The zero-order valence-electron chi connectivity index (χ0n) is 11.9. The van der Waals surface area contributed by atoms with Crippen LogP contribution in [-0.2, 0) is 9.53 Å². The second-order valence-corrected chi connectivity index (χ2v) is 4.94. The molecular formula is C14H13FN4O4. The van der Waals surface area contributed by atoms with Crippen LogP contribution in [0.25, 0.3) is 5.69 Å². The fourth-order valence-electron chi connectivity index (χ4n) is 2.21. The van der Waals surface area contributed by atoms with Crippen LogP contribution >= 0.6 is 0 Å². The molecule has 1 fully saturated rings. The number of nitrogens with zero attached hydrogens (tertiary/aromatic N) is 4. The second kappa shape index (κ2) is 6.13. The normalized spacial score (nSPS) is 18.0. The largest absolute Gasteiger partial charge is 0.479 e. The summed E-state index contributed by atoms with van der Waals surface area (Å²) in [5, 5.41) is 17.0. The van der Waals surface area contributed by atoms with Gasteiger partial charge in [0.05, 0.1) is 25.0 Å². The SMILES string of the molecule is O=C(O)[C@@H]1CN(C(=O)c2cnn(-c3ccc(F)cc3)n2)CCO1. The predicted molar refractivity (Wildman–Crippen MR) is 74.6 cm³/mol. The van der Waals surface area contributed by atoms with Gasteiger partial charge >= 0.3 is 5.97 Å². The van der Waals surface area contributed by atoms with Gasteiger partial charge < -0.3 is 14.7 Å². The van der Waals surface area contributed by atoms with Crippen LogP contribution in [0, 0.1) is 5.82 Å². The highest BCUT2D eigenvalue weighted by atomic mass is 19.1. The Labute approximate surface area is 130 Å². The van der Waals surface area contributed by atoms with Gasteiger partial charge in [-0.2, -0.15) is 9.90 Å². The molecule has 1 N–H and O–H groups in total. The summed E-state index contributed by atoms with van der Waals surface area (Å²) in [5.41, 5.74) is 0.594. The zero-order valence-corrected chi connectivity index (χ0v) is 11.9. The number of morpholine rings is 1. The Morgan fingerprint density at radius 2 is 2.04 bits per heavy atom. The average molecular weight is 320 g/mol. The lowest BCUT2D eigenvalue weighted by Crippen LogP contribution is -2.48. The highest BCUT2D eigenvalue weighted by Crippen LogP contribution is 2.11. The number of aliphatic carboxylic acids is 1. The molecule has 3 rings (SSSR count). The molecule has 2 heterocycles. The molecule has 120 valence electrons. The molecule has 1 aromatic carbocycles. The van der Waals surface area contributed by atoms with E-state index in [0.717, 1.165) is 0 Å². The van der Waals surface area contributed by atoms with Crippen molar-refractivity contribution in [1.82, 2.24) is 19.9 Å². The van der Waals surface area contributed by atoms with E-state index in [4.69, 9.17) is 9.84 Å². The van der Waals surface area contributed by atoms with E-state index in [0.29, 0.717) is 5.69 Å². The summed E-state index contributed by atoms with van der Waals surface area (Å²) < 4.78 is 18.0. The first kappa shape index (κ1) is 15.1. The van der Waals surface area contributed by atoms with Crippen molar-refractivity contribution >= 4 is 11.9 Å². The van der Waals surface area contributed by atoms with Gasteiger partial charge in [0, 0.05) is 6.54 Å². The first-order valence-electron chi connectivity index (χ1n) is 6.86. The molecule has 0 bridgehead atoms. The van der Waals surface area contributed by atoms with Crippen LogP contribution in [0.15, 0.2) is 30.5 Å². The Hall–Kier alpha value is -2.81. The lowest BCUT2D eigenvalue weighted by molar-refractivity contribution is -0.154. The smallest absolute Gasteiger partial charge is 0.334 e. The number of halogens is 1. The Morgan fingerprint density at radius 1 is 1.30 bits per heavy atom. The number of ether oxygens (including phenoxy) is 1. The summed E-state index contributed by atoms with van der Waals surface area (Å²) in [6.07, 6.45) is 0.247. The number of carboxylic acid groups (broad SMARTS) is 1. The molecule has 0 aliphatic carbocycles. The number of hydrogen-bond acceptors (Lipinski definition) is 5. The van der Waals surface area contributed by atoms with E-state index in [1.165, 1.54) is 40.2 Å². The molecule has 0 unspecified atom stereocenters. The molecule has 1 aliphatic heterocycles. The lowest BCUT2D eigenvalue weighted by atomic mass is 10.2. The second-order valence-electron chi connectivity index (χ2n) is 4.94. The first-order valence-corrected chi connectivity index (χ1v) is 6.86. The van der Waals surface area contributed by atoms with Gasteiger partial charge in [0.25, 0.3) is 5.91 Å². The molecule has 1 aromatic heterocycles. The van der Waals surface area contributed by atoms with Gasteiger partial charge in [-0.25, -0.2) is 9.18 Å². The van der Waals surface area contributed by atoms with Gasteiger partial charge in [0.15, 0.2) is 11.8 Å². The fourth-order valence-corrected chi connectivity index (χ4v) is 2.21. The van der Waals surface area contributed by atoms with Gasteiger partial charge in [-0.15, -0.1) is 5.10 Å². The van der Waals surface area contributed by atoms with E-state index in [2.05, 4.69) is 10.2 Å². The van der Waals surface area contributed by atoms with Gasteiger partial charge in [-0.1, -0.05) is 0 Å². The molecule has 2 aromatic rings. The molecule has 1 saturated heterocycles. The highest BCUT2D eigenvalue weighted by Gasteiger charge is 2.30. The number of carbonyl (C=O) groups is 2. The van der Waals surface area contributed by atoms with E-state index < -0.39 is 18.0 Å². The van der Waals surface area contributed by atoms with Crippen molar-refractivity contribution in [2.75, 3.05) is 19.7 Å². The van der Waals surface area contributed by atoms with Crippen LogP contribution in [0.5, 0.6) is 0 Å². The van der Waals surface area contributed by atoms with Crippen LogP contribution in [0.4, 0.5) is 4.39 Å². The van der Waals surface area contributed by atoms with Gasteiger partial charge in [0.1, 0.15) is 5.82 Å². The van der Waals surface area contributed by atoms with Gasteiger partial charge in [-0.05, 0) is 24.3 Å². The Bertz CT molecular complexity index is 731. The van der Waals surface area contributed by atoms with E-state index in [1.54, 1.807) is 0 Å². The molecule has 1 aliphatic rings. The molecule has 1 atom stereocenters. The van der Waals surface area contributed by atoms with Crippen molar-refractivity contribution in [1.29, 1.82) is 0 Å². The van der Waals surface area contributed by atoms with E-state index >= 15 is 0 Å². The van der Waals surface area contributed by atoms with Gasteiger partial charge in [-0.3, -0.25) is 4.79 Å². The lowest BCUT2D eigenvalue weighted by Gasteiger charge is -2.30. The number of rotatable bonds is 3. The maximum atomic E-state index is 12.9. The topological polar surface area (TPSA) is 97.6 Å². The van der Waals surface area contributed by atoms with Crippen molar-refractivity contribution in [3.63, 3.8) is 0 Å². The molecule has 8 nitrogen and oxygen atoms in total. The molecule has 0 spiro atoms. The Kier molecular flexibility index (Phi) is 4.02. The van der Waals surface area contributed by atoms with Crippen LogP contribution in [0.3, 0.4) is 0 Å². The minimum atomic E-state index is -1.11. The third kappa shape index (κ3) is 3.19. The number of carbonyl (C=O) groups excluding carboxylic acids is 1. The molecular weight excluding hydrogens is 307 g/mol. The number of carboxylic acids is 1. The maximum Gasteiger partial charge on any atom is 0.334 e. The first-order chi connectivity index (χ1) is 11.0. The molecule has 9 heteroatoms. The standard InChI is InChI=1S/C14H13FN4O4/c15-9-1-3-10(4-2-9)19-16-7-11(17-19)13(20)18-5-6-23-12(8-18)14(21)22/h1-4,7,12H,5-6,8H2,(H,21,22)/t12-/m0/s1. The van der Waals surface area contributed by atoms with E-state index in [-0.39, 0.29) is 31.2 Å². The van der Waals surface area contributed by atoms with Crippen LogP contribution in [-0.4, -0.2) is 62.7 Å². The Morgan fingerprint density at radius 3 is 2.74 bits per heavy atom. The third-order valence-electron chi connectivity index (χ3n) is 3.40. The van der Waals surface area contributed by atoms with Crippen LogP contribution in [0.2, 0.25) is 0 Å². The maximum absolute atomic E-state index is 12.9. The summed E-state index contributed by atoms with van der Waals surface area (Å²) in [6, 6.07) is 5.50. The van der Waals surface area contributed by atoms with Crippen LogP contribution < -0.4 is 0 Å². The Balaban J connectivity index is 1.75. The van der Waals surface area contributed by atoms with Crippen LogP contribution in [0.1, 0.15) is 10.5 Å². The fraction of sp³-hybridized carbons (Fsp3) is 0.286. The van der Waals surface area contributed by atoms with Crippen molar-refractivity contribution in [3.8, 4) is 5.69 Å². The number of aromatic nitrogens is 3. The number of hydrogen-bond donors (Lipinski definition) is 1. The number of amides is 1. The summed E-state index contributed by atoms with van der Waals surface area (Å²) in [5.74, 6) is -1.92. The van der Waals surface area contributed by atoms with Gasteiger partial charge in [0.2, 0.25) is 0 Å². The van der Waals surface area contributed by atoms with Crippen molar-refractivity contribution in [2.45, 2.75) is 6.10 Å². The highest BCUT2D eigenvalue weighted by molar-refractivity contribution is 5.92. The number of benzene rings is 1. The van der Waals surface area contributed by atoms with Crippen molar-refractivity contribution in [2.24, 2.45) is 0 Å². The van der Waals surface area contributed by atoms with Crippen molar-refractivity contribution < 1.29 is 23.8 Å². The molecule has 23 heavy (non-hydrogen) atoms. The van der Waals surface area contributed by atoms with E-state index in [1.807, 2.05) is 0 Å². The van der Waals surface area contributed by atoms with E-state index in [9.17, 15) is 14.0 Å². The predicted octanol–water partition coefficient (Wildman–Crippen LogP) is 0.332. The molecule has 0 radical (unpaired) electrons. The molecule has 1 amide bonds. The quantitative estimate of drug-likeness (QED) is 0.875. The average Bonchev–Trinajstić information content (AvgIpc) is 3.05. The monoisotopic (exact) mass is 320 g/mol. The summed E-state index contributed by atoms with van der Waals surface area (Å²) in [6.45, 7) is 0.387. The summed E-state index contributed by atoms with van der Waals surface area (Å²) in [7, 11) is 0. The minimum Gasteiger partial charge on any atom is -0.479 e. The van der Waals surface area contributed by atoms with Crippen molar-refractivity contribution in [3.05, 3.63) is 42.0 Å². The summed E-state index contributed by atoms with van der Waals surface area (Å²) >= 11 is 0.